The fraction of sp³-hybridized carbons (Fsp3) is 0.360. The first-order chi connectivity index (χ1) is 15.4. The molecule has 1 fully saturated rings. The number of nitrogens with one attached hydrogen (secondary N) is 3. The number of hydrogen-bond donors (Lipinski definition) is 3. The van der Waals surface area contributed by atoms with Crippen molar-refractivity contribution < 1.29 is 9.59 Å². The van der Waals surface area contributed by atoms with E-state index in [0.29, 0.717) is 17.1 Å². The Kier molecular flexibility index (Phi) is 6.82. The number of benzene rings is 2. The third kappa shape index (κ3) is 5.14. The van der Waals surface area contributed by atoms with Crippen LogP contribution in [0.1, 0.15) is 36.8 Å². The summed E-state index contributed by atoms with van der Waals surface area (Å²) in [5.41, 5.74) is 4.05. The molecule has 1 aliphatic heterocycles. The molecule has 0 spiro atoms. The maximum atomic E-state index is 13.0. The van der Waals surface area contributed by atoms with Gasteiger partial charge >= 0.3 is 0 Å². The summed E-state index contributed by atoms with van der Waals surface area (Å²) in [7, 11) is 3.79. The van der Waals surface area contributed by atoms with E-state index in [9.17, 15) is 9.59 Å². The van der Waals surface area contributed by atoms with Crippen molar-refractivity contribution in [2.75, 3.05) is 26.0 Å². The molecular weight excluding hydrogens is 424 g/mol. The monoisotopic (exact) mass is 452 g/mol. The van der Waals surface area contributed by atoms with Crippen molar-refractivity contribution in [3.05, 3.63) is 64.7 Å². The van der Waals surface area contributed by atoms with Gasteiger partial charge in [0.15, 0.2) is 0 Å². The minimum atomic E-state index is -0.127. The lowest BCUT2D eigenvalue weighted by Crippen LogP contribution is -2.44. The highest BCUT2D eigenvalue weighted by Gasteiger charge is 2.30. The van der Waals surface area contributed by atoms with Crippen LogP contribution >= 0.6 is 11.6 Å². The number of nitrogens with zero attached hydrogens (tertiary/aromatic N) is 1. The van der Waals surface area contributed by atoms with Gasteiger partial charge in [0.2, 0.25) is 5.91 Å². The summed E-state index contributed by atoms with van der Waals surface area (Å²) in [6, 6.07) is 15.9. The van der Waals surface area contributed by atoms with Crippen molar-refractivity contribution in [3.8, 4) is 0 Å². The summed E-state index contributed by atoms with van der Waals surface area (Å²) < 4.78 is 0. The molecule has 1 heterocycles. The van der Waals surface area contributed by atoms with E-state index in [-0.39, 0.29) is 23.9 Å². The van der Waals surface area contributed by atoms with Gasteiger partial charge in [-0.15, -0.1) is 0 Å². The molecule has 2 aromatic rings. The zero-order valence-electron chi connectivity index (χ0n) is 18.5. The number of carbonyl (C=O) groups is 2. The zero-order chi connectivity index (χ0) is 22.7. The summed E-state index contributed by atoms with van der Waals surface area (Å²) >= 11 is 6.13. The van der Waals surface area contributed by atoms with Crippen LogP contribution in [0.15, 0.2) is 48.5 Å². The average Bonchev–Trinajstić information content (AvgIpc) is 3.07. The molecule has 32 heavy (non-hydrogen) atoms. The predicted octanol–water partition coefficient (Wildman–Crippen LogP) is 3.74. The maximum Gasteiger partial charge on any atom is 0.258 e. The molecule has 0 unspecified atom stereocenters. The molecule has 4 rings (SSSR count). The summed E-state index contributed by atoms with van der Waals surface area (Å²) in [5, 5.41) is 10.3. The van der Waals surface area contributed by atoms with Crippen molar-refractivity contribution in [1.29, 1.82) is 0 Å². The van der Waals surface area contributed by atoms with Gasteiger partial charge in [0, 0.05) is 22.7 Å². The third-order valence-corrected chi connectivity index (χ3v) is 6.17. The topological polar surface area (TPSA) is 73.5 Å². The highest BCUT2D eigenvalue weighted by atomic mass is 35.5. The normalized spacial score (nSPS) is 21.7. The first kappa shape index (κ1) is 22.4. The fourth-order valence-corrected chi connectivity index (χ4v) is 4.62. The molecule has 1 aliphatic carbocycles. The molecule has 7 heteroatoms. The second-order valence-corrected chi connectivity index (χ2v) is 9.19. The highest BCUT2D eigenvalue weighted by Crippen LogP contribution is 2.38. The molecule has 0 aromatic heterocycles. The van der Waals surface area contributed by atoms with Gasteiger partial charge in [-0.05, 0) is 57.5 Å². The maximum absolute atomic E-state index is 13.0. The number of carbonyl (C=O) groups excluding carboxylic acids is 2. The minimum Gasteiger partial charge on any atom is -0.381 e. The van der Waals surface area contributed by atoms with Crippen LogP contribution in [0, 0.1) is 0 Å². The van der Waals surface area contributed by atoms with E-state index < -0.39 is 0 Å². The van der Waals surface area contributed by atoms with Gasteiger partial charge < -0.3 is 20.9 Å². The van der Waals surface area contributed by atoms with Crippen LogP contribution in [-0.4, -0.2) is 49.4 Å². The van der Waals surface area contributed by atoms with E-state index in [0.717, 1.165) is 48.2 Å². The van der Waals surface area contributed by atoms with Crippen molar-refractivity contribution in [3.63, 3.8) is 0 Å². The van der Waals surface area contributed by atoms with Crippen molar-refractivity contribution in [1.82, 2.24) is 15.5 Å². The Morgan fingerprint density at radius 2 is 1.69 bits per heavy atom. The van der Waals surface area contributed by atoms with Gasteiger partial charge in [0.25, 0.3) is 5.91 Å². The van der Waals surface area contributed by atoms with Crippen LogP contribution < -0.4 is 16.0 Å². The van der Waals surface area contributed by atoms with E-state index in [1.54, 1.807) is 6.07 Å². The van der Waals surface area contributed by atoms with Crippen molar-refractivity contribution >= 4 is 40.4 Å². The lowest BCUT2D eigenvalue weighted by Gasteiger charge is -2.31. The molecule has 0 saturated heterocycles. The molecule has 0 radical (unpaired) electrons. The molecule has 3 N–H and O–H groups in total. The minimum absolute atomic E-state index is 0.0661. The Bertz CT molecular complexity index is 1030. The quantitative estimate of drug-likeness (QED) is 0.584. The van der Waals surface area contributed by atoms with Crippen LogP contribution in [0.4, 0.5) is 5.69 Å². The van der Waals surface area contributed by atoms with Gasteiger partial charge in [-0.25, -0.2) is 0 Å². The molecule has 2 aliphatic rings. The van der Waals surface area contributed by atoms with Gasteiger partial charge in [0.1, 0.15) is 0 Å². The average molecular weight is 453 g/mol. The van der Waals surface area contributed by atoms with Crippen LogP contribution in [0.2, 0.25) is 5.02 Å². The van der Waals surface area contributed by atoms with Crippen LogP contribution in [0.3, 0.4) is 0 Å². The van der Waals surface area contributed by atoms with E-state index in [1.807, 2.05) is 61.5 Å². The Morgan fingerprint density at radius 1 is 1.03 bits per heavy atom. The number of rotatable bonds is 6. The number of halogens is 1. The Balaban J connectivity index is 1.54. The molecule has 0 atom stereocenters. The van der Waals surface area contributed by atoms with Gasteiger partial charge in [-0.3, -0.25) is 9.59 Å². The molecule has 0 bridgehead atoms. The number of anilines is 1. The smallest absolute Gasteiger partial charge is 0.258 e. The summed E-state index contributed by atoms with van der Waals surface area (Å²) in [6.07, 6.45) is 3.66. The molecule has 2 amide bonds. The van der Waals surface area contributed by atoms with Crippen molar-refractivity contribution in [2.45, 2.75) is 37.8 Å². The molecular formula is C25H29ClN4O2. The first-order valence-electron chi connectivity index (χ1n) is 11.0. The predicted molar refractivity (Wildman–Crippen MR) is 129 cm³/mol. The summed E-state index contributed by atoms with van der Waals surface area (Å²) in [5.74, 6) is -0.0605. The van der Waals surface area contributed by atoms with Crippen LogP contribution in [0.25, 0.3) is 11.3 Å². The Hall–Kier alpha value is -2.83. The molecule has 2 aromatic carbocycles. The third-order valence-electron chi connectivity index (χ3n) is 5.94. The fourth-order valence-electron chi connectivity index (χ4n) is 4.44. The number of fused-ring (bicyclic) bond motifs is 1. The number of hydrogen-bond acceptors (Lipinski definition) is 4. The first-order valence-corrected chi connectivity index (χ1v) is 11.4. The Labute approximate surface area is 194 Å². The second kappa shape index (κ2) is 9.76. The lowest BCUT2D eigenvalue weighted by molar-refractivity contribution is -0.122. The van der Waals surface area contributed by atoms with Crippen LogP contribution in [-0.2, 0) is 9.59 Å². The Morgan fingerprint density at radius 3 is 2.34 bits per heavy atom. The van der Waals surface area contributed by atoms with Gasteiger partial charge in [-0.2, -0.15) is 0 Å². The molecule has 6 nitrogen and oxygen atoms in total. The SMILES string of the molecule is CN(C)CC(=O)N[C@H]1CC[C@H](NC(=C2C(=O)Nc3cc(Cl)ccc32)c2ccccc2)CC1. The van der Waals surface area contributed by atoms with E-state index >= 15 is 0 Å². The second-order valence-electron chi connectivity index (χ2n) is 8.76. The van der Waals surface area contributed by atoms with E-state index in [2.05, 4.69) is 16.0 Å². The molecule has 1 saturated carbocycles. The van der Waals surface area contributed by atoms with Gasteiger partial charge in [-0.1, -0.05) is 48.0 Å². The largest absolute Gasteiger partial charge is 0.381 e. The number of likely N-dealkylation sites (N-methyl/N-ethyl adjacent to an activating group) is 1. The zero-order valence-corrected chi connectivity index (χ0v) is 19.2. The van der Waals surface area contributed by atoms with Crippen molar-refractivity contribution in [2.24, 2.45) is 0 Å². The lowest BCUT2D eigenvalue weighted by atomic mass is 9.90. The molecule has 168 valence electrons. The highest BCUT2D eigenvalue weighted by molar-refractivity contribution is 6.38. The summed E-state index contributed by atoms with van der Waals surface area (Å²) in [4.78, 5) is 26.9. The van der Waals surface area contributed by atoms with Crippen LogP contribution in [0.5, 0.6) is 0 Å². The standard InChI is InChI=1S/C25H29ClN4O2/c1-30(2)15-22(31)27-18-9-11-19(12-10-18)28-24(16-6-4-3-5-7-16)23-20-13-8-17(26)14-21(20)29-25(23)32/h3-8,13-14,18-19,28H,9-12,15H2,1-2H3,(H,27,31)(H,29,32)/t18-,19-. The number of amides is 2. The van der Waals surface area contributed by atoms with E-state index in [4.69, 9.17) is 11.6 Å². The van der Waals surface area contributed by atoms with E-state index in [1.165, 1.54) is 0 Å². The van der Waals surface area contributed by atoms with Gasteiger partial charge in [0.05, 0.1) is 23.5 Å². The summed E-state index contributed by atoms with van der Waals surface area (Å²) in [6.45, 7) is 0.404.